The second-order valence-corrected chi connectivity index (χ2v) is 6.46. The summed E-state index contributed by atoms with van der Waals surface area (Å²) in [4.78, 5) is 14.2. The maximum absolute atomic E-state index is 12.2. The molecule has 0 radical (unpaired) electrons. The lowest BCUT2D eigenvalue weighted by Crippen LogP contribution is -2.48. The Morgan fingerprint density at radius 3 is 2.95 bits per heavy atom. The van der Waals surface area contributed by atoms with Crippen molar-refractivity contribution in [3.05, 3.63) is 28.7 Å². The van der Waals surface area contributed by atoms with Gasteiger partial charge in [-0.2, -0.15) is 0 Å². The largest absolute Gasteiger partial charge is 0.492 e. The number of halogens is 1. The zero-order chi connectivity index (χ0) is 15.2. The highest BCUT2D eigenvalue weighted by Gasteiger charge is 2.26. The second-order valence-electron chi connectivity index (χ2n) is 5.60. The van der Waals surface area contributed by atoms with E-state index in [0.29, 0.717) is 13.0 Å². The Morgan fingerprint density at radius 2 is 2.24 bits per heavy atom. The Hall–Kier alpha value is -1.07. The average molecular weight is 355 g/mol. The van der Waals surface area contributed by atoms with Gasteiger partial charge in [0.2, 0.25) is 5.91 Å². The number of ether oxygens (including phenoxy) is 1. The summed E-state index contributed by atoms with van der Waals surface area (Å²) in [6.45, 7) is 3.41. The molecular weight excluding hydrogens is 332 g/mol. The second kappa shape index (κ2) is 7.80. The van der Waals surface area contributed by atoms with E-state index in [9.17, 15) is 4.79 Å². The number of nitrogens with two attached hydrogens (primary N) is 1. The predicted molar refractivity (Wildman–Crippen MR) is 87.3 cm³/mol. The van der Waals surface area contributed by atoms with Crippen molar-refractivity contribution in [2.75, 3.05) is 13.2 Å². The van der Waals surface area contributed by atoms with E-state index in [4.69, 9.17) is 10.5 Å². The first kappa shape index (κ1) is 16.3. The van der Waals surface area contributed by atoms with E-state index < -0.39 is 0 Å². The van der Waals surface area contributed by atoms with Gasteiger partial charge in [-0.15, -0.1) is 0 Å². The predicted octanol–water partition coefficient (Wildman–Crippen LogP) is 2.95. The standard InChI is InChI=1S/C16H23BrN2O2/c1-12-11-13(18)8-9-19(12)16(20)7-4-10-21-15-6-3-2-5-14(15)17/h2-3,5-6,12-13H,4,7-11,18H2,1H3/t12-,13-/m0/s1. The summed E-state index contributed by atoms with van der Waals surface area (Å²) in [5, 5.41) is 0. The van der Waals surface area contributed by atoms with Gasteiger partial charge in [0.25, 0.3) is 0 Å². The molecule has 1 aliphatic heterocycles. The molecule has 0 aromatic heterocycles. The van der Waals surface area contributed by atoms with Gasteiger partial charge in [-0.25, -0.2) is 0 Å². The molecule has 4 nitrogen and oxygen atoms in total. The molecule has 1 aliphatic rings. The van der Waals surface area contributed by atoms with Gasteiger partial charge in [0, 0.05) is 25.0 Å². The van der Waals surface area contributed by atoms with Crippen LogP contribution in [0.5, 0.6) is 5.75 Å². The van der Waals surface area contributed by atoms with E-state index >= 15 is 0 Å². The van der Waals surface area contributed by atoms with Crippen LogP contribution in [0.3, 0.4) is 0 Å². The van der Waals surface area contributed by atoms with Gasteiger partial charge in [0.05, 0.1) is 11.1 Å². The van der Waals surface area contributed by atoms with Crippen molar-refractivity contribution in [3.8, 4) is 5.75 Å². The number of hydrogen-bond acceptors (Lipinski definition) is 3. The molecular formula is C16H23BrN2O2. The average Bonchev–Trinajstić information content (AvgIpc) is 2.45. The minimum absolute atomic E-state index is 0.213. The number of rotatable bonds is 5. The van der Waals surface area contributed by atoms with Crippen LogP contribution in [0.25, 0.3) is 0 Å². The third kappa shape index (κ3) is 4.71. The van der Waals surface area contributed by atoms with Gasteiger partial charge < -0.3 is 15.4 Å². The smallest absolute Gasteiger partial charge is 0.222 e. The topological polar surface area (TPSA) is 55.6 Å². The Kier molecular flexibility index (Phi) is 6.06. The van der Waals surface area contributed by atoms with Crippen molar-refractivity contribution in [3.63, 3.8) is 0 Å². The molecule has 1 fully saturated rings. The lowest BCUT2D eigenvalue weighted by atomic mass is 9.98. The number of hydrogen-bond donors (Lipinski definition) is 1. The molecule has 1 heterocycles. The molecule has 0 aliphatic carbocycles. The van der Waals surface area contributed by atoms with E-state index in [0.717, 1.165) is 36.0 Å². The van der Waals surface area contributed by atoms with Gasteiger partial charge in [0.1, 0.15) is 5.75 Å². The number of likely N-dealkylation sites (tertiary alicyclic amines) is 1. The van der Waals surface area contributed by atoms with Gasteiger partial charge in [0.15, 0.2) is 0 Å². The number of carbonyl (C=O) groups is 1. The summed E-state index contributed by atoms with van der Waals surface area (Å²) in [7, 11) is 0. The van der Waals surface area contributed by atoms with Gasteiger partial charge in [-0.05, 0) is 54.2 Å². The minimum Gasteiger partial charge on any atom is -0.492 e. The fourth-order valence-corrected chi connectivity index (χ4v) is 3.09. The van der Waals surface area contributed by atoms with E-state index in [1.807, 2.05) is 29.2 Å². The first-order valence-corrected chi connectivity index (χ1v) is 8.29. The molecule has 1 amide bonds. The van der Waals surface area contributed by atoms with Crippen molar-refractivity contribution >= 4 is 21.8 Å². The van der Waals surface area contributed by atoms with Crippen LogP contribution in [0, 0.1) is 0 Å². The molecule has 21 heavy (non-hydrogen) atoms. The zero-order valence-electron chi connectivity index (χ0n) is 12.4. The number of para-hydroxylation sites is 1. The molecule has 1 aromatic rings. The van der Waals surface area contributed by atoms with Crippen LogP contribution in [0.15, 0.2) is 28.7 Å². The molecule has 0 bridgehead atoms. The van der Waals surface area contributed by atoms with Crippen molar-refractivity contribution in [2.24, 2.45) is 5.73 Å². The van der Waals surface area contributed by atoms with Crippen LogP contribution >= 0.6 is 15.9 Å². The molecule has 2 atom stereocenters. The van der Waals surface area contributed by atoms with E-state index in [1.54, 1.807) is 0 Å². The normalized spacial score (nSPS) is 22.1. The van der Waals surface area contributed by atoms with Crippen molar-refractivity contribution in [1.29, 1.82) is 0 Å². The highest BCUT2D eigenvalue weighted by molar-refractivity contribution is 9.10. The molecule has 5 heteroatoms. The monoisotopic (exact) mass is 354 g/mol. The summed E-state index contributed by atoms with van der Waals surface area (Å²) in [5.74, 6) is 1.03. The highest BCUT2D eigenvalue weighted by atomic mass is 79.9. The molecule has 0 unspecified atom stereocenters. The Labute approximate surface area is 134 Å². The van der Waals surface area contributed by atoms with Crippen molar-refractivity contribution < 1.29 is 9.53 Å². The van der Waals surface area contributed by atoms with Crippen LogP contribution in [0.2, 0.25) is 0 Å². The van der Waals surface area contributed by atoms with Gasteiger partial charge in [-0.3, -0.25) is 4.79 Å². The van der Waals surface area contributed by atoms with Crippen LogP contribution in [-0.4, -0.2) is 36.0 Å². The van der Waals surface area contributed by atoms with Crippen molar-refractivity contribution in [1.82, 2.24) is 4.90 Å². The first-order valence-electron chi connectivity index (χ1n) is 7.50. The third-order valence-corrected chi connectivity index (χ3v) is 4.52. The number of benzene rings is 1. The minimum atomic E-state index is 0.213. The summed E-state index contributed by atoms with van der Waals surface area (Å²) in [6, 6.07) is 8.24. The summed E-state index contributed by atoms with van der Waals surface area (Å²) >= 11 is 3.44. The third-order valence-electron chi connectivity index (χ3n) is 3.87. The van der Waals surface area contributed by atoms with Crippen molar-refractivity contribution in [2.45, 2.75) is 44.7 Å². The number of carbonyl (C=O) groups excluding carboxylic acids is 1. The van der Waals surface area contributed by atoms with Crippen LogP contribution in [0.1, 0.15) is 32.6 Å². The quantitative estimate of drug-likeness (QED) is 0.827. The maximum atomic E-state index is 12.2. The molecule has 1 aromatic carbocycles. The molecule has 1 saturated heterocycles. The highest BCUT2D eigenvalue weighted by Crippen LogP contribution is 2.24. The first-order chi connectivity index (χ1) is 10.1. The lowest BCUT2D eigenvalue weighted by Gasteiger charge is -2.36. The fraction of sp³-hybridized carbons (Fsp3) is 0.562. The van der Waals surface area contributed by atoms with Gasteiger partial charge in [-0.1, -0.05) is 12.1 Å². The molecule has 116 valence electrons. The van der Waals surface area contributed by atoms with E-state index in [2.05, 4.69) is 22.9 Å². The molecule has 2 N–H and O–H groups in total. The Balaban J connectivity index is 1.71. The number of nitrogens with zero attached hydrogens (tertiary/aromatic N) is 1. The van der Waals surface area contributed by atoms with Gasteiger partial charge >= 0.3 is 0 Å². The summed E-state index contributed by atoms with van der Waals surface area (Å²) < 4.78 is 6.62. The lowest BCUT2D eigenvalue weighted by molar-refractivity contribution is -0.134. The fourth-order valence-electron chi connectivity index (χ4n) is 2.69. The van der Waals surface area contributed by atoms with Crippen LogP contribution < -0.4 is 10.5 Å². The number of piperidine rings is 1. The summed E-state index contributed by atoms with van der Waals surface area (Å²) in [5.41, 5.74) is 5.93. The van der Waals surface area contributed by atoms with E-state index in [1.165, 1.54) is 0 Å². The SMILES string of the molecule is C[C@H]1C[C@@H](N)CCN1C(=O)CCCOc1ccccc1Br. The Bertz CT molecular complexity index is 481. The van der Waals surface area contributed by atoms with Crippen LogP contribution in [-0.2, 0) is 4.79 Å². The van der Waals surface area contributed by atoms with Crippen LogP contribution in [0.4, 0.5) is 0 Å². The molecule has 0 spiro atoms. The number of amides is 1. The summed E-state index contributed by atoms with van der Waals surface area (Å²) in [6.07, 6.45) is 3.07. The maximum Gasteiger partial charge on any atom is 0.222 e. The Morgan fingerprint density at radius 1 is 1.48 bits per heavy atom. The van der Waals surface area contributed by atoms with E-state index in [-0.39, 0.29) is 18.0 Å². The molecule has 0 saturated carbocycles. The zero-order valence-corrected chi connectivity index (χ0v) is 14.0. The molecule has 2 rings (SSSR count).